The van der Waals surface area contributed by atoms with Gasteiger partial charge in [-0.05, 0) is 12.1 Å². The molecule has 0 heterocycles. The first-order chi connectivity index (χ1) is 8.77. The van der Waals surface area contributed by atoms with Gasteiger partial charge < -0.3 is 0 Å². The SMILES string of the molecule is CON(C)S(=O)(=O)c1ccccc1S(=O)(=O)N=C=O. The van der Waals surface area contributed by atoms with Crippen LogP contribution in [0.25, 0.3) is 0 Å². The van der Waals surface area contributed by atoms with E-state index in [1.54, 1.807) is 0 Å². The van der Waals surface area contributed by atoms with Crippen LogP contribution in [0.5, 0.6) is 0 Å². The number of sulfonamides is 2. The maximum absolute atomic E-state index is 12.0. The highest BCUT2D eigenvalue weighted by Gasteiger charge is 2.29. The monoisotopic (exact) mass is 306 g/mol. The highest BCUT2D eigenvalue weighted by Crippen LogP contribution is 2.24. The van der Waals surface area contributed by atoms with E-state index in [0.717, 1.165) is 32.4 Å². The molecule has 0 atom stereocenters. The summed E-state index contributed by atoms with van der Waals surface area (Å²) in [4.78, 5) is 13.5. The van der Waals surface area contributed by atoms with Crippen molar-refractivity contribution in [3.63, 3.8) is 0 Å². The second kappa shape index (κ2) is 5.59. The smallest absolute Gasteiger partial charge is 0.288 e. The minimum Gasteiger partial charge on any atom is -0.288 e. The van der Waals surface area contributed by atoms with Crippen molar-refractivity contribution < 1.29 is 26.5 Å². The average Bonchev–Trinajstić information content (AvgIpc) is 2.37. The lowest BCUT2D eigenvalue weighted by molar-refractivity contribution is -0.0260. The molecule has 0 amide bonds. The molecule has 1 aromatic rings. The molecule has 0 aliphatic rings. The molecule has 0 aliphatic heterocycles. The van der Waals surface area contributed by atoms with Crippen LogP contribution in [-0.2, 0) is 29.7 Å². The van der Waals surface area contributed by atoms with E-state index in [0.29, 0.717) is 4.47 Å². The third kappa shape index (κ3) is 3.06. The Balaban J connectivity index is 3.62. The predicted octanol–water partition coefficient (Wildman–Crippen LogP) is -0.107. The Bertz CT molecular complexity index is 719. The Morgan fingerprint density at radius 1 is 1.16 bits per heavy atom. The third-order valence-electron chi connectivity index (χ3n) is 2.16. The average molecular weight is 306 g/mol. The van der Waals surface area contributed by atoms with E-state index in [2.05, 4.69) is 9.24 Å². The van der Waals surface area contributed by atoms with Gasteiger partial charge in [0.15, 0.2) is 0 Å². The molecule has 0 saturated carbocycles. The van der Waals surface area contributed by atoms with E-state index in [4.69, 9.17) is 0 Å². The molecule has 0 saturated heterocycles. The first kappa shape index (κ1) is 15.5. The van der Waals surface area contributed by atoms with Gasteiger partial charge in [0.05, 0.1) is 7.11 Å². The van der Waals surface area contributed by atoms with Gasteiger partial charge in [0, 0.05) is 7.05 Å². The Kier molecular flexibility index (Phi) is 4.56. The Hall–Kier alpha value is -1.58. The number of isocyanates is 1. The molecule has 0 unspecified atom stereocenters. The summed E-state index contributed by atoms with van der Waals surface area (Å²) in [7, 11) is -6.40. The van der Waals surface area contributed by atoms with Crippen LogP contribution in [0.4, 0.5) is 0 Å². The van der Waals surface area contributed by atoms with Crippen LogP contribution in [-0.4, -0.2) is 41.5 Å². The van der Waals surface area contributed by atoms with Crippen LogP contribution in [0.2, 0.25) is 0 Å². The fraction of sp³-hybridized carbons (Fsp3) is 0.222. The van der Waals surface area contributed by atoms with E-state index in [9.17, 15) is 21.6 Å². The van der Waals surface area contributed by atoms with Crippen molar-refractivity contribution in [2.24, 2.45) is 4.40 Å². The molecule has 10 heteroatoms. The predicted molar refractivity (Wildman–Crippen MR) is 63.7 cm³/mol. The van der Waals surface area contributed by atoms with Gasteiger partial charge >= 0.3 is 0 Å². The topological polar surface area (TPSA) is 110 Å². The highest BCUT2D eigenvalue weighted by molar-refractivity contribution is 7.92. The van der Waals surface area contributed by atoms with Gasteiger partial charge in [0.25, 0.3) is 26.1 Å². The van der Waals surface area contributed by atoms with Crippen molar-refractivity contribution in [1.29, 1.82) is 0 Å². The van der Waals surface area contributed by atoms with Gasteiger partial charge in [-0.1, -0.05) is 21.0 Å². The zero-order valence-electron chi connectivity index (χ0n) is 9.97. The molecule has 0 fully saturated rings. The number of hydrogen-bond acceptors (Lipinski definition) is 6. The molecule has 0 spiro atoms. The lowest BCUT2D eigenvalue weighted by atomic mass is 10.4. The van der Waals surface area contributed by atoms with Gasteiger partial charge in [0.1, 0.15) is 9.79 Å². The van der Waals surface area contributed by atoms with Gasteiger partial charge in [-0.15, -0.1) is 0 Å². The second-order valence-corrected chi connectivity index (χ2v) is 6.68. The van der Waals surface area contributed by atoms with Crippen LogP contribution >= 0.6 is 0 Å². The molecular weight excluding hydrogens is 296 g/mol. The molecule has 0 aromatic heterocycles. The molecule has 0 bridgehead atoms. The lowest BCUT2D eigenvalue weighted by Crippen LogP contribution is -2.27. The Morgan fingerprint density at radius 3 is 2.16 bits per heavy atom. The van der Waals surface area contributed by atoms with Crippen LogP contribution in [0.15, 0.2) is 38.5 Å². The van der Waals surface area contributed by atoms with E-state index in [1.165, 1.54) is 12.1 Å². The number of benzene rings is 1. The summed E-state index contributed by atoms with van der Waals surface area (Å²) in [6.07, 6.45) is 0.876. The lowest BCUT2D eigenvalue weighted by Gasteiger charge is -2.15. The van der Waals surface area contributed by atoms with E-state index >= 15 is 0 Å². The first-order valence-electron chi connectivity index (χ1n) is 4.73. The molecule has 0 N–H and O–H groups in total. The summed E-state index contributed by atoms with van der Waals surface area (Å²) < 4.78 is 50.5. The maximum Gasteiger partial charge on any atom is 0.294 e. The molecule has 1 aromatic carbocycles. The first-order valence-corrected chi connectivity index (χ1v) is 7.61. The zero-order chi connectivity index (χ0) is 14.7. The van der Waals surface area contributed by atoms with Gasteiger partial charge in [-0.25, -0.2) is 13.2 Å². The van der Waals surface area contributed by atoms with E-state index in [-0.39, 0.29) is 0 Å². The summed E-state index contributed by atoms with van der Waals surface area (Å²) in [5, 5.41) is 0. The molecule has 0 radical (unpaired) electrons. The molecule has 8 nitrogen and oxygen atoms in total. The summed E-state index contributed by atoms with van der Waals surface area (Å²) in [6.45, 7) is 0. The largest absolute Gasteiger partial charge is 0.294 e. The Morgan fingerprint density at radius 2 is 1.68 bits per heavy atom. The Labute approximate surface area is 110 Å². The van der Waals surface area contributed by atoms with Crippen LogP contribution in [0, 0.1) is 0 Å². The summed E-state index contributed by atoms with van der Waals surface area (Å²) in [5.41, 5.74) is 0. The minimum absolute atomic E-state index is 0.492. The van der Waals surface area contributed by atoms with E-state index in [1.807, 2.05) is 0 Å². The van der Waals surface area contributed by atoms with Crippen molar-refractivity contribution in [2.45, 2.75) is 9.79 Å². The van der Waals surface area contributed by atoms with Crippen LogP contribution in [0.1, 0.15) is 0 Å². The normalized spacial score (nSPS) is 12.2. The fourth-order valence-electron chi connectivity index (χ4n) is 1.21. The summed E-state index contributed by atoms with van der Waals surface area (Å²) in [6, 6.07) is 4.73. The second-order valence-electron chi connectivity index (χ2n) is 3.20. The number of nitrogens with zero attached hydrogens (tertiary/aromatic N) is 2. The number of carbonyl (C=O) groups excluding carboxylic acids is 1. The standard InChI is InChI=1S/C9H10N2O6S2/c1-11(17-2)19(15,16)9-6-4-3-5-8(9)18(13,14)10-7-12/h3-6H,1-2H3. The van der Waals surface area contributed by atoms with Crippen molar-refractivity contribution >= 4 is 26.1 Å². The molecule has 0 aliphatic carbocycles. The zero-order valence-corrected chi connectivity index (χ0v) is 11.6. The quantitative estimate of drug-likeness (QED) is 0.426. The summed E-state index contributed by atoms with van der Waals surface area (Å²) in [5.74, 6) is 0. The van der Waals surface area contributed by atoms with E-state index < -0.39 is 29.8 Å². The van der Waals surface area contributed by atoms with Crippen molar-refractivity contribution in [3.05, 3.63) is 24.3 Å². The van der Waals surface area contributed by atoms with Gasteiger partial charge in [-0.3, -0.25) is 4.84 Å². The number of rotatable bonds is 5. The van der Waals surface area contributed by atoms with Crippen molar-refractivity contribution in [2.75, 3.05) is 14.2 Å². The maximum atomic E-state index is 12.0. The van der Waals surface area contributed by atoms with Gasteiger partial charge in [0.2, 0.25) is 0 Å². The van der Waals surface area contributed by atoms with Crippen molar-refractivity contribution in [1.82, 2.24) is 4.47 Å². The fourth-order valence-corrected chi connectivity index (χ4v) is 3.66. The minimum atomic E-state index is -4.43. The number of hydrogen-bond donors (Lipinski definition) is 0. The number of hydroxylamine groups is 1. The van der Waals surface area contributed by atoms with Crippen LogP contribution in [0.3, 0.4) is 0 Å². The highest BCUT2D eigenvalue weighted by atomic mass is 32.2. The van der Waals surface area contributed by atoms with Gasteiger partial charge in [-0.2, -0.15) is 8.42 Å². The third-order valence-corrected chi connectivity index (χ3v) is 5.25. The summed E-state index contributed by atoms with van der Waals surface area (Å²) >= 11 is 0. The molecular formula is C9H10N2O6S2. The molecule has 104 valence electrons. The van der Waals surface area contributed by atoms with Crippen molar-refractivity contribution in [3.8, 4) is 0 Å². The van der Waals surface area contributed by atoms with Crippen LogP contribution < -0.4 is 0 Å². The molecule has 19 heavy (non-hydrogen) atoms. The molecule has 1 rings (SSSR count).